The van der Waals surface area contributed by atoms with Crippen molar-refractivity contribution in [2.45, 2.75) is 57.1 Å². The molecule has 0 radical (unpaired) electrons. The van der Waals surface area contributed by atoms with Crippen LogP contribution in [0.3, 0.4) is 0 Å². The predicted molar refractivity (Wildman–Crippen MR) is 93.0 cm³/mol. The zero-order chi connectivity index (χ0) is 16.5. The highest BCUT2D eigenvalue weighted by Gasteiger charge is 2.37. The van der Waals surface area contributed by atoms with E-state index in [2.05, 4.69) is 15.9 Å². The molecule has 5 heteroatoms. The maximum Gasteiger partial charge on any atom is 0.146 e. The molecule has 3 heterocycles. The van der Waals surface area contributed by atoms with E-state index in [1.165, 1.54) is 37.7 Å². The summed E-state index contributed by atoms with van der Waals surface area (Å²) in [5, 5.41) is 20.2. The fourth-order valence-corrected chi connectivity index (χ4v) is 4.50. The number of β-amino-alcohol motifs (C(OH)–C–C–N with tert-alkyl or cyclic N) is 1. The van der Waals surface area contributed by atoms with Crippen LogP contribution in [-0.4, -0.2) is 53.3 Å². The van der Waals surface area contributed by atoms with Gasteiger partial charge in [0.2, 0.25) is 0 Å². The normalized spacial score (nSPS) is 27.8. The predicted octanol–water partition coefficient (Wildman–Crippen LogP) is 1.87. The number of anilines is 1. The van der Waals surface area contributed by atoms with Crippen LogP contribution in [0.4, 0.5) is 5.82 Å². The minimum atomic E-state index is -0.354. The summed E-state index contributed by atoms with van der Waals surface area (Å²) in [4.78, 5) is 9.42. The Bertz CT molecular complexity index is 648. The van der Waals surface area contributed by atoms with E-state index in [1.54, 1.807) is 0 Å². The van der Waals surface area contributed by atoms with E-state index in [1.807, 2.05) is 6.07 Å². The van der Waals surface area contributed by atoms with E-state index in [0.717, 1.165) is 44.0 Å². The van der Waals surface area contributed by atoms with Gasteiger partial charge in [0.05, 0.1) is 17.7 Å². The third kappa shape index (κ3) is 2.89. The monoisotopic (exact) mass is 326 g/mol. The van der Waals surface area contributed by atoms with Crippen molar-refractivity contribution in [1.29, 1.82) is 5.26 Å². The van der Waals surface area contributed by atoms with Crippen molar-refractivity contribution >= 4 is 5.82 Å². The summed E-state index contributed by atoms with van der Waals surface area (Å²) in [6.45, 7) is 3.53. The van der Waals surface area contributed by atoms with Crippen LogP contribution in [0.5, 0.6) is 0 Å². The quantitative estimate of drug-likeness (QED) is 0.899. The van der Waals surface area contributed by atoms with E-state index >= 15 is 0 Å². The molecule has 2 saturated heterocycles. The number of piperidine rings is 1. The van der Waals surface area contributed by atoms with Gasteiger partial charge in [-0.1, -0.05) is 6.42 Å². The second-order valence-corrected chi connectivity index (χ2v) is 7.42. The van der Waals surface area contributed by atoms with E-state index in [4.69, 9.17) is 4.98 Å². The first kappa shape index (κ1) is 15.9. The molecule has 0 unspecified atom stereocenters. The van der Waals surface area contributed by atoms with Gasteiger partial charge in [0.1, 0.15) is 11.9 Å². The first-order valence-electron chi connectivity index (χ1n) is 9.36. The van der Waals surface area contributed by atoms with Crippen molar-refractivity contribution in [3.63, 3.8) is 0 Å². The Kier molecular flexibility index (Phi) is 4.43. The summed E-state index contributed by atoms with van der Waals surface area (Å²) in [5.74, 6) is 0.789. The van der Waals surface area contributed by atoms with Crippen LogP contribution in [0, 0.1) is 11.3 Å². The molecule has 0 spiro atoms. The molecule has 0 saturated carbocycles. The molecule has 1 aliphatic carbocycles. The van der Waals surface area contributed by atoms with Gasteiger partial charge < -0.3 is 10.0 Å². The minimum absolute atomic E-state index is 0.176. The summed E-state index contributed by atoms with van der Waals surface area (Å²) in [6.07, 6.45) is 7.83. The third-order valence-electron chi connectivity index (χ3n) is 5.82. The molecule has 0 bridgehead atoms. The lowest BCUT2D eigenvalue weighted by molar-refractivity contribution is 0.0706. The first-order chi connectivity index (χ1) is 11.8. The molecule has 0 amide bonds. The van der Waals surface area contributed by atoms with Gasteiger partial charge in [0.15, 0.2) is 0 Å². The number of aliphatic hydroxyl groups is 1. The lowest BCUT2D eigenvalue weighted by Gasteiger charge is -2.33. The maximum atomic E-state index is 10.6. The van der Waals surface area contributed by atoms with E-state index in [0.29, 0.717) is 12.1 Å². The number of nitriles is 1. The average molecular weight is 326 g/mol. The Labute approximate surface area is 143 Å². The van der Waals surface area contributed by atoms with Gasteiger partial charge in [-0.3, -0.25) is 4.90 Å². The van der Waals surface area contributed by atoms with Crippen molar-refractivity contribution in [3.8, 4) is 6.07 Å². The fourth-order valence-electron chi connectivity index (χ4n) is 4.50. The summed E-state index contributed by atoms with van der Waals surface area (Å²) in [6, 6.07) is 4.55. The van der Waals surface area contributed by atoms with Crippen LogP contribution in [-0.2, 0) is 12.8 Å². The molecule has 1 N–H and O–H groups in total. The Morgan fingerprint density at radius 1 is 1.08 bits per heavy atom. The molecule has 1 aromatic heterocycles. The molecular weight excluding hydrogens is 300 g/mol. The summed E-state index contributed by atoms with van der Waals surface area (Å²) in [5.41, 5.74) is 3.07. The number of fused-ring (bicyclic) bond motifs is 1. The molecule has 1 aromatic rings. The van der Waals surface area contributed by atoms with Crippen LogP contribution in [0.1, 0.15) is 48.9 Å². The summed E-state index contributed by atoms with van der Waals surface area (Å²) < 4.78 is 0. The van der Waals surface area contributed by atoms with Crippen LogP contribution in [0.2, 0.25) is 0 Å². The largest absolute Gasteiger partial charge is 0.390 e. The van der Waals surface area contributed by atoms with Crippen molar-refractivity contribution in [1.82, 2.24) is 9.88 Å². The highest BCUT2D eigenvalue weighted by atomic mass is 16.3. The molecule has 5 nitrogen and oxygen atoms in total. The molecule has 0 aromatic carbocycles. The number of nitrogens with zero attached hydrogens (tertiary/aromatic N) is 4. The molecule has 2 atom stereocenters. The molecule has 128 valence electrons. The molecular formula is C19H26N4O. The maximum absolute atomic E-state index is 10.6. The van der Waals surface area contributed by atoms with Crippen LogP contribution >= 0.6 is 0 Å². The molecule has 2 aliphatic heterocycles. The number of likely N-dealkylation sites (tertiary alicyclic amines) is 1. The molecule has 2 fully saturated rings. The van der Waals surface area contributed by atoms with Crippen LogP contribution < -0.4 is 4.90 Å². The summed E-state index contributed by atoms with van der Waals surface area (Å²) in [7, 11) is 0. The van der Waals surface area contributed by atoms with Gasteiger partial charge in [0, 0.05) is 18.8 Å². The number of pyridine rings is 1. The van der Waals surface area contributed by atoms with Gasteiger partial charge in [-0.2, -0.15) is 5.26 Å². The van der Waals surface area contributed by atoms with Gasteiger partial charge in [-0.05, 0) is 63.2 Å². The van der Waals surface area contributed by atoms with Crippen molar-refractivity contribution in [3.05, 3.63) is 22.9 Å². The van der Waals surface area contributed by atoms with Crippen LogP contribution in [0.15, 0.2) is 6.07 Å². The molecule has 24 heavy (non-hydrogen) atoms. The average Bonchev–Trinajstić information content (AvgIpc) is 3.03. The highest BCUT2D eigenvalue weighted by Crippen LogP contribution is 2.30. The Morgan fingerprint density at radius 2 is 1.88 bits per heavy atom. The van der Waals surface area contributed by atoms with Gasteiger partial charge >= 0.3 is 0 Å². The third-order valence-corrected chi connectivity index (χ3v) is 5.82. The fraction of sp³-hybridized carbons (Fsp3) is 0.684. The Balaban J connectivity index is 1.58. The standard InChI is InChI=1S/C19H26N4O/c20-11-15-10-14-6-2-3-7-16(14)21-19(15)23-12-17(18(24)13-23)22-8-4-1-5-9-22/h10,17-18,24H,1-9,12-13H2/t17-,18-/m0/s1. The van der Waals surface area contributed by atoms with Crippen molar-refractivity contribution in [2.75, 3.05) is 31.1 Å². The Hall–Kier alpha value is -1.64. The lowest BCUT2D eigenvalue weighted by atomic mass is 9.95. The molecule has 3 aliphatic rings. The van der Waals surface area contributed by atoms with E-state index in [-0.39, 0.29) is 12.1 Å². The number of aromatic nitrogens is 1. The summed E-state index contributed by atoms with van der Waals surface area (Å²) >= 11 is 0. The smallest absolute Gasteiger partial charge is 0.146 e. The highest BCUT2D eigenvalue weighted by molar-refractivity contribution is 5.57. The number of rotatable bonds is 2. The van der Waals surface area contributed by atoms with Crippen molar-refractivity contribution in [2.24, 2.45) is 0 Å². The number of aliphatic hydroxyl groups excluding tert-OH is 1. The zero-order valence-electron chi connectivity index (χ0n) is 14.2. The van der Waals surface area contributed by atoms with E-state index in [9.17, 15) is 10.4 Å². The second kappa shape index (κ2) is 6.70. The molecule has 4 rings (SSSR count). The number of hydrogen-bond acceptors (Lipinski definition) is 5. The van der Waals surface area contributed by atoms with Gasteiger partial charge in [-0.25, -0.2) is 4.98 Å². The SMILES string of the molecule is N#Cc1cc2c(nc1N1C[C@H](O)[C@@H](N3CCCCC3)C1)CCCC2. The number of aryl methyl sites for hydroxylation is 2. The number of hydrogen-bond donors (Lipinski definition) is 1. The minimum Gasteiger partial charge on any atom is -0.390 e. The second-order valence-electron chi connectivity index (χ2n) is 7.42. The van der Waals surface area contributed by atoms with Gasteiger partial charge in [0.25, 0.3) is 0 Å². The van der Waals surface area contributed by atoms with E-state index < -0.39 is 0 Å². The topological polar surface area (TPSA) is 63.4 Å². The van der Waals surface area contributed by atoms with Crippen molar-refractivity contribution < 1.29 is 5.11 Å². The first-order valence-corrected chi connectivity index (χ1v) is 9.36. The Morgan fingerprint density at radius 3 is 2.67 bits per heavy atom. The van der Waals surface area contributed by atoms with Gasteiger partial charge in [-0.15, -0.1) is 0 Å². The zero-order valence-corrected chi connectivity index (χ0v) is 14.2. The lowest BCUT2D eigenvalue weighted by Crippen LogP contribution is -2.45. The van der Waals surface area contributed by atoms with Crippen LogP contribution in [0.25, 0.3) is 0 Å².